The van der Waals surface area contributed by atoms with Gasteiger partial charge in [0.15, 0.2) is 0 Å². The molecule has 0 saturated carbocycles. The molecule has 0 aliphatic carbocycles. The van der Waals surface area contributed by atoms with Gasteiger partial charge in [0.2, 0.25) is 0 Å². The Hall–Kier alpha value is -1.55. The average Bonchev–Trinajstić information content (AvgIpc) is 2.40. The lowest BCUT2D eigenvalue weighted by Crippen LogP contribution is -2.29. The second-order valence-corrected chi connectivity index (χ2v) is 5.54. The Bertz CT molecular complexity index is 444. The topological polar surface area (TPSA) is 52.6 Å². The molecule has 0 fully saturated rings. The largest absolute Gasteiger partial charge is 0.508 e. The highest BCUT2D eigenvalue weighted by Crippen LogP contribution is 2.16. The van der Waals surface area contributed by atoms with Crippen molar-refractivity contribution in [3.8, 4) is 5.75 Å². The van der Waals surface area contributed by atoms with Crippen molar-refractivity contribution in [3.05, 3.63) is 29.3 Å². The summed E-state index contributed by atoms with van der Waals surface area (Å²) in [4.78, 5) is 14.2. The third kappa shape index (κ3) is 5.21. The van der Waals surface area contributed by atoms with Crippen LogP contribution in [-0.2, 0) is 0 Å². The van der Waals surface area contributed by atoms with E-state index in [-0.39, 0.29) is 11.7 Å². The molecule has 1 aromatic carbocycles. The second kappa shape index (κ2) is 7.90. The van der Waals surface area contributed by atoms with Crippen LogP contribution in [0.15, 0.2) is 18.2 Å². The number of hydrogen-bond donors (Lipinski definition) is 2. The maximum absolute atomic E-state index is 11.9. The number of aromatic hydroxyl groups is 1. The number of amides is 1. The normalized spacial score (nSPS) is 11.1. The lowest BCUT2D eigenvalue weighted by Gasteiger charge is -2.20. The van der Waals surface area contributed by atoms with Gasteiger partial charge >= 0.3 is 0 Å². The van der Waals surface area contributed by atoms with Crippen molar-refractivity contribution in [2.45, 2.75) is 39.7 Å². The molecule has 1 amide bonds. The maximum Gasteiger partial charge on any atom is 0.251 e. The first-order valence-corrected chi connectivity index (χ1v) is 7.20. The second-order valence-electron chi connectivity index (χ2n) is 5.54. The Morgan fingerprint density at radius 2 is 2.05 bits per heavy atom. The lowest BCUT2D eigenvalue weighted by atomic mass is 10.1. The van der Waals surface area contributed by atoms with Crippen LogP contribution in [0.5, 0.6) is 5.75 Å². The minimum atomic E-state index is -0.0784. The Kier molecular flexibility index (Phi) is 6.52. The fraction of sp³-hybridized carbons (Fsp3) is 0.562. The van der Waals surface area contributed by atoms with E-state index in [1.807, 2.05) is 0 Å². The first-order valence-electron chi connectivity index (χ1n) is 7.20. The van der Waals surface area contributed by atoms with E-state index >= 15 is 0 Å². The molecule has 0 unspecified atom stereocenters. The summed E-state index contributed by atoms with van der Waals surface area (Å²) in [6, 6.07) is 5.47. The number of benzene rings is 1. The highest BCUT2D eigenvalue weighted by Gasteiger charge is 2.07. The number of unbranched alkanes of at least 4 members (excludes halogenated alkanes) is 1. The van der Waals surface area contributed by atoms with Gasteiger partial charge in [-0.3, -0.25) is 4.79 Å². The molecule has 0 aliphatic heterocycles. The molecule has 4 heteroatoms. The van der Waals surface area contributed by atoms with Crippen LogP contribution >= 0.6 is 0 Å². The highest BCUT2D eigenvalue weighted by atomic mass is 16.3. The van der Waals surface area contributed by atoms with Crippen molar-refractivity contribution in [3.63, 3.8) is 0 Å². The van der Waals surface area contributed by atoms with Crippen LogP contribution in [0.1, 0.15) is 42.6 Å². The van der Waals surface area contributed by atoms with Crippen LogP contribution in [0.4, 0.5) is 0 Å². The molecule has 1 rings (SSSR count). The molecule has 4 nitrogen and oxygen atoms in total. The highest BCUT2D eigenvalue weighted by molar-refractivity contribution is 5.94. The Morgan fingerprint density at radius 1 is 1.35 bits per heavy atom. The van der Waals surface area contributed by atoms with E-state index in [0.717, 1.165) is 24.9 Å². The Labute approximate surface area is 121 Å². The molecule has 112 valence electrons. The van der Waals surface area contributed by atoms with Gasteiger partial charge in [-0.1, -0.05) is 0 Å². The van der Waals surface area contributed by atoms with E-state index in [1.165, 1.54) is 0 Å². The smallest absolute Gasteiger partial charge is 0.251 e. The summed E-state index contributed by atoms with van der Waals surface area (Å²) in [6.07, 6.45) is 2.05. The molecular formula is C16H26N2O2. The van der Waals surface area contributed by atoms with E-state index in [2.05, 4.69) is 31.1 Å². The summed E-state index contributed by atoms with van der Waals surface area (Å²) < 4.78 is 0. The van der Waals surface area contributed by atoms with Crippen LogP contribution in [0, 0.1) is 6.92 Å². The number of nitrogens with zero attached hydrogens (tertiary/aromatic N) is 1. The van der Waals surface area contributed by atoms with Crippen molar-refractivity contribution >= 4 is 5.91 Å². The Morgan fingerprint density at radius 3 is 2.65 bits per heavy atom. The van der Waals surface area contributed by atoms with Gasteiger partial charge < -0.3 is 15.3 Å². The van der Waals surface area contributed by atoms with Crippen molar-refractivity contribution in [1.82, 2.24) is 10.2 Å². The van der Waals surface area contributed by atoms with Crippen molar-refractivity contribution in [1.29, 1.82) is 0 Å². The first-order chi connectivity index (χ1) is 9.41. The van der Waals surface area contributed by atoms with Gasteiger partial charge in [0.25, 0.3) is 5.91 Å². The number of phenols is 1. The predicted octanol–water partition coefficient (Wildman–Crippen LogP) is 2.55. The molecule has 0 aliphatic rings. The van der Waals surface area contributed by atoms with E-state index in [1.54, 1.807) is 25.1 Å². The number of carbonyl (C=O) groups excluding carboxylic acids is 1. The van der Waals surface area contributed by atoms with Crippen LogP contribution in [0.2, 0.25) is 0 Å². The van der Waals surface area contributed by atoms with Crippen LogP contribution < -0.4 is 5.32 Å². The van der Waals surface area contributed by atoms with Crippen LogP contribution in [0.3, 0.4) is 0 Å². The molecule has 1 aromatic rings. The van der Waals surface area contributed by atoms with Gasteiger partial charge in [0, 0.05) is 18.2 Å². The van der Waals surface area contributed by atoms with E-state index in [0.29, 0.717) is 18.2 Å². The summed E-state index contributed by atoms with van der Waals surface area (Å²) in [5.74, 6) is 0.142. The number of hydrogen-bond acceptors (Lipinski definition) is 3. The zero-order valence-corrected chi connectivity index (χ0v) is 12.9. The lowest BCUT2D eigenvalue weighted by molar-refractivity contribution is 0.0952. The quantitative estimate of drug-likeness (QED) is 0.754. The van der Waals surface area contributed by atoms with E-state index in [9.17, 15) is 9.90 Å². The first kappa shape index (κ1) is 16.5. The molecule has 2 N–H and O–H groups in total. The van der Waals surface area contributed by atoms with E-state index < -0.39 is 0 Å². The van der Waals surface area contributed by atoms with Crippen molar-refractivity contribution in [2.75, 3.05) is 20.1 Å². The van der Waals surface area contributed by atoms with Gasteiger partial charge in [0.1, 0.15) is 5.75 Å². The van der Waals surface area contributed by atoms with Crippen LogP contribution in [0.25, 0.3) is 0 Å². The van der Waals surface area contributed by atoms with E-state index in [4.69, 9.17) is 0 Å². The summed E-state index contributed by atoms with van der Waals surface area (Å²) in [6.45, 7) is 7.87. The summed E-state index contributed by atoms with van der Waals surface area (Å²) in [7, 11) is 2.11. The standard InChI is InChI=1S/C16H26N2O2/c1-12(2)18(4)10-6-5-9-17-16(20)14-7-8-15(19)13(3)11-14/h7-8,11-12,19H,5-6,9-10H2,1-4H3,(H,17,20). The number of carbonyl (C=O) groups is 1. The number of phenolic OH excluding ortho intramolecular Hbond substituents is 1. The molecule has 0 radical (unpaired) electrons. The number of rotatable bonds is 7. The zero-order valence-electron chi connectivity index (χ0n) is 12.9. The third-order valence-electron chi connectivity index (χ3n) is 3.56. The average molecular weight is 278 g/mol. The SMILES string of the molecule is Cc1cc(C(=O)NCCCCN(C)C(C)C)ccc1O. The fourth-order valence-electron chi connectivity index (χ4n) is 1.85. The molecule has 0 saturated heterocycles. The van der Waals surface area contributed by atoms with Gasteiger partial charge in [-0.25, -0.2) is 0 Å². The minimum Gasteiger partial charge on any atom is -0.508 e. The number of nitrogens with one attached hydrogen (secondary N) is 1. The van der Waals surface area contributed by atoms with Gasteiger partial charge in [-0.05, 0) is 71.0 Å². The van der Waals surface area contributed by atoms with Gasteiger partial charge in [-0.15, -0.1) is 0 Å². The summed E-state index contributed by atoms with van der Waals surface area (Å²) in [5, 5.41) is 12.3. The monoisotopic (exact) mass is 278 g/mol. The molecular weight excluding hydrogens is 252 g/mol. The third-order valence-corrected chi connectivity index (χ3v) is 3.56. The molecule has 20 heavy (non-hydrogen) atoms. The molecule has 0 aromatic heterocycles. The summed E-state index contributed by atoms with van der Waals surface area (Å²) >= 11 is 0. The fourth-order valence-corrected chi connectivity index (χ4v) is 1.85. The summed E-state index contributed by atoms with van der Waals surface area (Å²) in [5.41, 5.74) is 1.32. The van der Waals surface area contributed by atoms with Crippen molar-refractivity contribution in [2.24, 2.45) is 0 Å². The maximum atomic E-state index is 11.9. The Balaban J connectivity index is 2.28. The van der Waals surface area contributed by atoms with Gasteiger partial charge in [0.05, 0.1) is 0 Å². The van der Waals surface area contributed by atoms with Gasteiger partial charge in [-0.2, -0.15) is 0 Å². The zero-order chi connectivity index (χ0) is 15.1. The van der Waals surface area contributed by atoms with Crippen LogP contribution in [-0.4, -0.2) is 42.1 Å². The molecule has 0 spiro atoms. The molecule has 0 atom stereocenters. The minimum absolute atomic E-state index is 0.0784. The number of aryl methyl sites for hydroxylation is 1. The van der Waals surface area contributed by atoms with Crippen molar-refractivity contribution < 1.29 is 9.90 Å². The predicted molar refractivity (Wildman–Crippen MR) is 82.2 cm³/mol. The molecule has 0 heterocycles. The molecule has 0 bridgehead atoms.